The molecule has 1 aliphatic rings. The van der Waals surface area contributed by atoms with E-state index in [4.69, 9.17) is 0 Å². The van der Waals surface area contributed by atoms with Crippen molar-refractivity contribution in [3.05, 3.63) is 35.9 Å². The van der Waals surface area contributed by atoms with Gasteiger partial charge in [0.1, 0.15) is 0 Å². The predicted octanol–water partition coefficient (Wildman–Crippen LogP) is 3.24. The molecule has 1 aromatic rings. The van der Waals surface area contributed by atoms with E-state index in [1.54, 1.807) is 0 Å². The number of carbonyl (C=O) groups is 1. The number of aliphatic hydroxyl groups is 1. The van der Waals surface area contributed by atoms with Crippen LogP contribution in [0.5, 0.6) is 0 Å². The molecular weight excluding hydrogens is 282 g/mol. The minimum atomic E-state index is -0.500. The lowest BCUT2D eigenvalue weighted by molar-refractivity contribution is -0.134. The van der Waals surface area contributed by atoms with Crippen LogP contribution in [0, 0.1) is 0 Å². The van der Waals surface area contributed by atoms with Gasteiger partial charge in [-0.25, -0.2) is 0 Å². The van der Waals surface area contributed by atoms with Gasteiger partial charge in [-0.15, -0.1) is 11.8 Å². The molecule has 21 heavy (non-hydrogen) atoms. The molecule has 2 rings (SSSR count). The van der Waals surface area contributed by atoms with Crippen molar-refractivity contribution in [2.45, 2.75) is 51.3 Å². The zero-order valence-corrected chi connectivity index (χ0v) is 13.7. The molecule has 1 aliphatic heterocycles. The van der Waals surface area contributed by atoms with Gasteiger partial charge in [-0.3, -0.25) is 4.79 Å². The second-order valence-electron chi connectivity index (χ2n) is 5.87. The molecule has 0 saturated carbocycles. The van der Waals surface area contributed by atoms with Crippen LogP contribution >= 0.6 is 11.8 Å². The minimum absolute atomic E-state index is 0.208. The quantitative estimate of drug-likeness (QED) is 0.908. The Kier molecular flexibility index (Phi) is 6.12. The van der Waals surface area contributed by atoms with E-state index in [1.807, 2.05) is 35.2 Å². The first-order valence-electron chi connectivity index (χ1n) is 7.71. The van der Waals surface area contributed by atoms with Crippen LogP contribution in [0.3, 0.4) is 0 Å². The molecule has 1 aromatic carbocycles. The first kappa shape index (κ1) is 16.4. The monoisotopic (exact) mass is 307 g/mol. The summed E-state index contributed by atoms with van der Waals surface area (Å²) in [7, 11) is 0. The van der Waals surface area contributed by atoms with Crippen molar-refractivity contribution < 1.29 is 9.90 Å². The second kappa shape index (κ2) is 7.85. The molecule has 1 N–H and O–H groups in total. The number of thioether (sulfide) groups is 1. The van der Waals surface area contributed by atoms with E-state index in [9.17, 15) is 9.90 Å². The van der Waals surface area contributed by atoms with Crippen LogP contribution in [0.4, 0.5) is 0 Å². The van der Waals surface area contributed by atoms with Crippen LogP contribution in [0.15, 0.2) is 30.3 Å². The average molecular weight is 307 g/mol. The van der Waals surface area contributed by atoms with Crippen LogP contribution in [0.1, 0.15) is 44.8 Å². The van der Waals surface area contributed by atoms with Crippen molar-refractivity contribution in [3.8, 4) is 0 Å². The molecule has 3 nitrogen and oxygen atoms in total. The molecule has 1 amide bonds. The predicted molar refractivity (Wildman–Crippen MR) is 88.3 cm³/mol. The molecule has 0 spiro atoms. The van der Waals surface area contributed by atoms with Crippen molar-refractivity contribution in [1.29, 1.82) is 0 Å². The Bertz CT molecular complexity index is 441. The minimum Gasteiger partial charge on any atom is -0.388 e. The van der Waals surface area contributed by atoms with Crippen molar-refractivity contribution in [1.82, 2.24) is 4.90 Å². The SMILES string of the molecule is C[C@@H]1CCC[C@@H](C)N1C(=O)CSC[C@@H](O)c1ccccc1. The van der Waals surface area contributed by atoms with Crippen molar-refractivity contribution in [2.75, 3.05) is 11.5 Å². The maximum Gasteiger partial charge on any atom is 0.233 e. The molecule has 0 aliphatic carbocycles. The maximum absolute atomic E-state index is 12.4. The largest absolute Gasteiger partial charge is 0.388 e. The Morgan fingerprint density at radius 1 is 1.29 bits per heavy atom. The lowest BCUT2D eigenvalue weighted by atomic mass is 9.98. The fourth-order valence-electron chi connectivity index (χ4n) is 3.02. The van der Waals surface area contributed by atoms with Gasteiger partial charge < -0.3 is 10.0 Å². The Morgan fingerprint density at radius 3 is 2.52 bits per heavy atom. The van der Waals surface area contributed by atoms with E-state index in [0.29, 0.717) is 23.6 Å². The number of amides is 1. The molecule has 0 bridgehead atoms. The third kappa shape index (κ3) is 4.48. The van der Waals surface area contributed by atoms with Crippen LogP contribution in [-0.4, -0.2) is 39.5 Å². The number of hydrogen-bond donors (Lipinski definition) is 1. The standard InChI is InChI=1S/C17H25NO2S/c1-13-7-6-8-14(2)18(13)17(20)12-21-11-16(19)15-9-4-3-5-10-15/h3-5,9-10,13-14,16,19H,6-8,11-12H2,1-2H3/t13-,14-,16-/m1/s1. The summed E-state index contributed by atoms with van der Waals surface area (Å²) in [6.45, 7) is 4.27. The molecule has 4 heteroatoms. The molecule has 116 valence electrons. The number of carbonyl (C=O) groups excluding carboxylic acids is 1. The fraction of sp³-hybridized carbons (Fsp3) is 0.588. The summed E-state index contributed by atoms with van der Waals surface area (Å²) in [6.07, 6.45) is 2.92. The second-order valence-corrected chi connectivity index (χ2v) is 6.90. The molecule has 0 radical (unpaired) electrons. The number of nitrogens with zero attached hydrogens (tertiary/aromatic N) is 1. The Labute approximate surface area is 131 Å². The number of rotatable bonds is 5. The topological polar surface area (TPSA) is 40.5 Å². The molecule has 3 atom stereocenters. The molecule has 0 unspecified atom stereocenters. The van der Waals surface area contributed by atoms with Gasteiger partial charge in [0.25, 0.3) is 0 Å². The summed E-state index contributed by atoms with van der Waals surface area (Å²) in [5.74, 6) is 1.23. The van der Waals surface area contributed by atoms with Crippen molar-refractivity contribution >= 4 is 17.7 Å². The summed E-state index contributed by atoms with van der Waals surface area (Å²) in [6, 6.07) is 10.3. The van der Waals surface area contributed by atoms with E-state index in [1.165, 1.54) is 18.2 Å². The Morgan fingerprint density at radius 2 is 1.90 bits per heavy atom. The van der Waals surface area contributed by atoms with Gasteiger partial charge in [0.2, 0.25) is 5.91 Å². The first-order chi connectivity index (χ1) is 10.1. The zero-order valence-electron chi connectivity index (χ0n) is 12.9. The summed E-state index contributed by atoms with van der Waals surface area (Å²) >= 11 is 1.52. The van der Waals surface area contributed by atoms with Gasteiger partial charge in [-0.1, -0.05) is 30.3 Å². The third-order valence-corrected chi connectivity index (χ3v) is 5.17. The van der Waals surface area contributed by atoms with E-state index in [2.05, 4.69) is 13.8 Å². The molecule has 0 aromatic heterocycles. The van der Waals surface area contributed by atoms with E-state index >= 15 is 0 Å². The van der Waals surface area contributed by atoms with Gasteiger partial charge in [-0.05, 0) is 38.7 Å². The Balaban J connectivity index is 1.79. The Hall–Kier alpha value is -1.00. The van der Waals surface area contributed by atoms with Gasteiger partial charge in [0.05, 0.1) is 11.9 Å². The number of benzene rings is 1. The highest BCUT2D eigenvalue weighted by Gasteiger charge is 2.28. The fourth-order valence-corrected chi connectivity index (χ4v) is 3.87. The van der Waals surface area contributed by atoms with Crippen LogP contribution in [0.2, 0.25) is 0 Å². The van der Waals surface area contributed by atoms with Crippen molar-refractivity contribution in [3.63, 3.8) is 0 Å². The molecule has 1 fully saturated rings. The lowest BCUT2D eigenvalue weighted by Crippen LogP contribution is -2.48. The van der Waals surface area contributed by atoms with E-state index in [-0.39, 0.29) is 5.91 Å². The van der Waals surface area contributed by atoms with Gasteiger partial charge in [0, 0.05) is 17.8 Å². The number of likely N-dealkylation sites (tertiary alicyclic amines) is 1. The van der Waals surface area contributed by atoms with Gasteiger partial charge in [0.15, 0.2) is 0 Å². The van der Waals surface area contributed by atoms with Gasteiger partial charge in [-0.2, -0.15) is 0 Å². The number of hydrogen-bond acceptors (Lipinski definition) is 3. The molecule has 1 saturated heterocycles. The van der Waals surface area contributed by atoms with E-state index in [0.717, 1.165) is 18.4 Å². The zero-order chi connectivity index (χ0) is 15.2. The summed E-state index contributed by atoms with van der Waals surface area (Å²) < 4.78 is 0. The average Bonchev–Trinajstić information content (AvgIpc) is 2.48. The lowest BCUT2D eigenvalue weighted by Gasteiger charge is -2.39. The highest BCUT2D eigenvalue weighted by Crippen LogP contribution is 2.24. The van der Waals surface area contributed by atoms with Crippen molar-refractivity contribution in [2.24, 2.45) is 0 Å². The highest BCUT2D eigenvalue weighted by molar-refractivity contribution is 7.99. The highest BCUT2D eigenvalue weighted by atomic mass is 32.2. The van der Waals surface area contributed by atoms with E-state index < -0.39 is 6.10 Å². The van der Waals surface area contributed by atoms with Crippen LogP contribution in [-0.2, 0) is 4.79 Å². The molecular formula is C17H25NO2S. The maximum atomic E-state index is 12.4. The first-order valence-corrected chi connectivity index (χ1v) is 8.87. The normalized spacial score (nSPS) is 23.9. The smallest absolute Gasteiger partial charge is 0.233 e. The molecule has 1 heterocycles. The van der Waals surface area contributed by atoms with Crippen LogP contribution < -0.4 is 0 Å². The third-order valence-electron chi connectivity index (χ3n) is 4.17. The number of piperidine rings is 1. The summed E-state index contributed by atoms with van der Waals surface area (Å²) in [5.41, 5.74) is 0.914. The van der Waals surface area contributed by atoms with Gasteiger partial charge >= 0.3 is 0 Å². The number of aliphatic hydroxyl groups excluding tert-OH is 1. The summed E-state index contributed by atoms with van der Waals surface area (Å²) in [4.78, 5) is 14.4. The van der Waals surface area contributed by atoms with Crippen LogP contribution in [0.25, 0.3) is 0 Å². The summed E-state index contributed by atoms with van der Waals surface area (Å²) in [5, 5.41) is 10.1.